The quantitative estimate of drug-likeness (QED) is 0.521. The standard InChI is InChI=1S/C12H20O/c1-10-6-3-4-9-12(13)11(2)8-5-7-10/h6,11H,3-5,7-9H2,1-2H3/b10-6-. The zero-order valence-electron chi connectivity index (χ0n) is 8.81. The van der Waals surface area contributed by atoms with E-state index >= 15 is 0 Å². The van der Waals surface area contributed by atoms with E-state index in [0.29, 0.717) is 11.7 Å². The summed E-state index contributed by atoms with van der Waals surface area (Å²) in [4.78, 5) is 11.5. The minimum atomic E-state index is 0.297. The Balaban J connectivity index is 2.49. The molecule has 1 rings (SSSR count). The molecule has 0 fully saturated rings. The summed E-state index contributed by atoms with van der Waals surface area (Å²) in [6.45, 7) is 4.27. The van der Waals surface area contributed by atoms with Gasteiger partial charge in [0.2, 0.25) is 0 Å². The largest absolute Gasteiger partial charge is 0.299 e. The van der Waals surface area contributed by atoms with Crippen molar-refractivity contribution in [1.29, 1.82) is 0 Å². The number of rotatable bonds is 0. The number of carbonyl (C=O) groups is 1. The predicted octanol–water partition coefficient (Wildman–Crippen LogP) is 3.49. The fraction of sp³-hybridized carbons (Fsp3) is 0.750. The molecule has 0 spiro atoms. The Kier molecular flexibility index (Phi) is 4.20. The van der Waals surface area contributed by atoms with Crippen LogP contribution in [0.1, 0.15) is 52.4 Å². The molecule has 1 unspecified atom stereocenters. The second kappa shape index (κ2) is 5.21. The first-order valence-corrected chi connectivity index (χ1v) is 5.38. The number of allylic oxidation sites excluding steroid dienone is 2. The van der Waals surface area contributed by atoms with Gasteiger partial charge < -0.3 is 0 Å². The van der Waals surface area contributed by atoms with E-state index in [-0.39, 0.29) is 0 Å². The zero-order valence-corrected chi connectivity index (χ0v) is 8.81. The van der Waals surface area contributed by atoms with Gasteiger partial charge in [-0.2, -0.15) is 0 Å². The number of Topliss-reactive ketones (excluding diaryl/α,β-unsaturated/α-hetero) is 1. The Bertz CT molecular complexity index is 203. The van der Waals surface area contributed by atoms with Crippen molar-refractivity contribution in [2.24, 2.45) is 5.92 Å². The first-order chi connectivity index (χ1) is 6.20. The van der Waals surface area contributed by atoms with Crippen molar-refractivity contribution in [2.75, 3.05) is 0 Å². The van der Waals surface area contributed by atoms with Crippen LogP contribution >= 0.6 is 0 Å². The van der Waals surface area contributed by atoms with Crippen LogP contribution in [-0.4, -0.2) is 5.78 Å². The minimum Gasteiger partial charge on any atom is -0.299 e. The third kappa shape index (κ3) is 3.75. The smallest absolute Gasteiger partial charge is 0.135 e. The second-order valence-corrected chi connectivity index (χ2v) is 4.20. The van der Waals surface area contributed by atoms with Crippen LogP contribution < -0.4 is 0 Å². The van der Waals surface area contributed by atoms with E-state index in [4.69, 9.17) is 0 Å². The minimum absolute atomic E-state index is 0.297. The third-order valence-electron chi connectivity index (χ3n) is 2.88. The molecule has 74 valence electrons. The van der Waals surface area contributed by atoms with Crippen LogP contribution in [-0.2, 0) is 4.79 Å². The summed E-state index contributed by atoms with van der Waals surface area (Å²) in [6.07, 6.45) is 8.63. The Morgan fingerprint density at radius 2 is 2.08 bits per heavy atom. The van der Waals surface area contributed by atoms with Crippen LogP contribution in [0, 0.1) is 5.92 Å². The topological polar surface area (TPSA) is 17.1 Å². The summed E-state index contributed by atoms with van der Waals surface area (Å²) in [5, 5.41) is 0. The van der Waals surface area contributed by atoms with Crippen molar-refractivity contribution in [3.63, 3.8) is 0 Å². The molecule has 0 aromatic heterocycles. The van der Waals surface area contributed by atoms with Crippen molar-refractivity contribution in [3.05, 3.63) is 11.6 Å². The fourth-order valence-electron chi connectivity index (χ4n) is 1.82. The average Bonchev–Trinajstić information content (AvgIpc) is 2.11. The highest BCUT2D eigenvalue weighted by atomic mass is 16.1. The molecule has 0 aromatic rings. The lowest BCUT2D eigenvalue weighted by atomic mass is 9.93. The molecule has 1 atom stereocenters. The molecule has 0 aliphatic heterocycles. The second-order valence-electron chi connectivity index (χ2n) is 4.20. The van der Waals surface area contributed by atoms with Crippen LogP contribution in [0.4, 0.5) is 0 Å². The normalized spacial score (nSPS) is 30.8. The fourth-order valence-corrected chi connectivity index (χ4v) is 1.82. The molecule has 0 radical (unpaired) electrons. The van der Waals surface area contributed by atoms with Crippen molar-refractivity contribution < 1.29 is 4.79 Å². The molecule has 0 saturated carbocycles. The summed E-state index contributed by atoms with van der Waals surface area (Å²) in [5.41, 5.74) is 1.50. The molecule has 0 amide bonds. The summed E-state index contributed by atoms with van der Waals surface area (Å²) in [6, 6.07) is 0. The molecular weight excluding hydrogens is 160 g/mol. The molecule has 0 saturated heterocycles. The first kappa shape index (κ1) is 10.5. The summed E-state index contributed by atoms with van der Waals surface area (Å²) in [5.74, 6) is 0.763. The lowest BCUT2D eigenvalue weighted by Gasteiger charge is -2.12. The molecule has 13 heavy (non-hydrogen) atoms. The van der Waals surface area contributed by atoms with Gasteiger partial charge in [0.1, 0.15) is 5.78 Å². The van der Waals surface area contributed by atoms with Gasteiger partial charge in [-0.25, -0.2) is 0 Å². The van der Waals surface area contributed by atoms with Crippen molar-refractivity contribution in [3.8, 4) is 0 Å². The molecule has 1 nitrogen and oxygen atoms in total. The van der Waals surface area contributed by atoms with Gasteiger partial charge in [-0.3, -0.25) is 4.79 Å². The van der Waals surface area contributed by atoms with Crippen LogP contribution in [0.25, 0.3) is 0 Å². The van der Waals surface area contributed by atoms with Crippen molar-refractivity contribution in [1.82, 2.24) is 0 Å². The van der Waals surface area contributed by atoms with Gasteiger partial charge in [0.05, 0.1) is 0 Å². The third-order valence-corrected chi connectivity index (χ3v) is 2.88. The van der Waals surface area contributed by atoms with Gasteiger partial charge >= 0.3 is 0 Å². The molecule has 0 bridgehead atoms. The summed E-state index contributed by atoms with van der Waals surface area (Å²) < 4.78 is 0. The highest BCUT2D eigenvalue weighted by molar-refractivity contribution is 5.80. The predicted molar refractivity (Wildman–Crippen MR) is 55.6 cm³/mol. The van der Waals surface area contributed by atoms with E-state index in [1.807, 2.05) is 0 Å². The Labute approximate surface area is 81.2 Å². The van der Waals surface area contributed by atoms with Gasteiger partial charge in [-0.05, 0) is 39.0 Å². The number of carbonyl (C=O) groups excluding carboxylic acids is 1. The maximum absolute atomic E-state index is 11.5. The van der Waals surface area contributed by atoms with E-state index in [9.17, 15) is 4.79 Å². The van der Waals surface area contributed by atoms with Crippen molar-refractivity contribution >= 4 is 5.78 Å². The highest BCUT2D eigenvalue weighted by Gasteiger charge is 2.12. The number of ketones is 1. The van der Waals surface area contributed by atoms with E-state index in [2.05, 4.69) is 19.9 Å². The van der Waals surface area contributed by atoms with E-state index < -0.39 is 0 Å². The molecular formula is C12H20O. The van der Waals surface area contributed by atoms with Crippen LogP contribution in [0.3, 0.4) is 0 Å². The van der Waals surface area contributed by atoms with E-state index in [1.165, 1.54) is 18.4 Å². The van der Waals surface area contributed by atoms with Crippen LogP contribution in [0.2, 0.25) is 0 Å². The summed E-state index contributed by atoms with van der Waals surface area (Å²) in [7, 11) is 0. The van der Waals surface area contributed by atoms with Crippen LogP contribution in [0.15, 0.2) is 11.6 Å². The first-order valence-electron chi connectivity index (χ1n) is 5.38. The molecule has 1 aliphatic rings. The Morgan fingerprint density at radius 3 is 2.85 bits per heavy atom. The Morgan fingerprint density at radius 1 is 1.31 bits per heavy atom. The van der Waals surface area contributed by atoms with Crippen LogP contribution in [0.5, 0.6) is 0 Å². The lowest BCUT2D eigenvalue weighted by molar-refractivity contribution is -0.122. The Hall–Kier alpha value is -0.590. The zero-order chi connectivity index (χ0) is 9.68. The van der Waals surface area contributed by atoms with Gasteiger partial charge in [0, 0.05) is 12.3 Å². The monoisotopic (exact) mass is 180 g/mol. The van der Waals surface area contributed by atoms with E-state index in [0.717, 1.165) is 25.7 Å². The summed E-state index contributed by atoms with van der Waals surface area (Å²) >= 11 is 0. The van der Waals surface area contributed by atoms with Crippen molar-refractivity contribution in [2.45, 2.75) is 52.4 Å². The molecule has 1 heteroatoms. The SMILES string of the molecule is C/C1=C/CCCC(=O)C(C)CCC1. The number of hydrogen-bond acceptors (Lipinski definition) is 1. The molecule has 1 aliphatic carbocycles. The van der Waals surface area contributed by atoms with E-state index in [1.54, 1.807) is 0 Å². The molecule has 0 aromatic carbocycles. The maximum atomic E-state index is 11.5. The lowest BCUT2D eigenvalue weighted by Crippen LogP contribution is -2.11. The van der Waals surface area contributed by atoms with Gasteiger partial charge in [-0.15, -0.1) is 0 Å². The van der Waals surface area contributed by atoms with Gasteiger partial charge in [0.25, 0.3) is 0 Å². The van der Waals surface area contributed by atoms with Gasteiger partial charge in [0.15, 0.2) is 0 Å². The average molecular weight is 180 g/mol. The number of hydrogen-bond donors (Lipinski definition) is 0. The highest BCUT2D eigenvalue weighted by Crippen LogP contribution is 2.18. The molecule has 0 N–H and O–H groups in total. The van der Waals surface area contributed by atoms with Gasteiger partial charge in [-0.1, -0.05) is 18.6 Å². The molecule has 0 heterocycles. The maximum Gasteiger partial charge on any atom is 0.135 e.